The number of hydrogen-bond donors (Lipinski definition) is 1. The number of nitrogens with one attached hydrogen (secondary N) is 1. The molecule has 0 atom stereocenters. The van der Waals surface area contributed by atoms with Crippen molar-refractivity contribution in [1.29, 1.82) is 0 Å². The lowest BCUT2D eigenvalue weighted by atomic mass is 10.2. The van der Waals surface area contributed by atoms with Gasteiger partial charge in [-0.05, 0) is 18.6 Å². The van der Waals surface area contributed by atoms with E-state index in [2.05, 4.69) is 9.71 Å². The van der Waals surface area contributed by atoms with E-state index in [1.54, 1.807) is 12.3 Å². The lowest BCUT2D eigenvalue weighted by Crippen LogP contribution is -2.28. The molecule has 0 saturated carbocycles. The summed E-state index contributed by atoms with van der Waals surface area (Å²) in [6.07, 6.45) is 0.915. The van der Waals surface area contributed by atoms with E-state index in [9.17, 15) is 17.2 Å². The van der Waals surface area contributed by atoms with Crippen LogP contribution in [0.2, 0.25) is 0 Å². The van der Waals surface area contributed by atoms with E-state index in [4.69, 9.17) is 0 Å². The lowest BCUT2D eigenvalue weighted by molar-refractivity contribution is 0.580. The minimum Gasteiger partial charge on any atom is -0.241 e. The highest BCUT2D eigenvalue weighted by molar-refractivity contribution is 7.89. The van der Waals surface area contributed by atoms with Crippen LogP contribution < -0.4 is 4.72 Å². The van der Waals surface area contributed by atoms with Gasteiger partial charge in [0.2, 0.25) is 10.0 Å². The van der Waals surface area contributed by atoms with E-state index in [1.807, 2.05) is 0 Å². The molecule has 1 aromatic carbocycles. The van der Waals surface area contributed by atoms with Gasteiger partial charge in [0.05, 0.1) is 17.0 Å². The molecule has 22 heavy (non-hydrogen) atoms. The summed E-state index contributed by atoms with van der Waals surface area (Å²) in [6, 6.07) is 3.65. The number of sulfonamides is 1. The maximum absolute atomic E-state index is 13.7. The molecule has 0 unspecified atom stereocenters. The Kier molecular flexibility index (Phi) is 5.60. The Labute approximate surface area is 132 Å². The van der Waals surface area contributed by atoms with Crippen LogP contribution in [-0.4, -0.2) is 25.7 Å². The van der Waals surface area contributed by atoms with Gasteiger partial charge in [-0.3, -0.25) is 0 Å². The van der Waals surface area contributed by atoms with Crippen molar-refractivity contribution in [3.8, 4) is 10.6 Å². The van der Waals surface area contributed by atoms with Gasteiger partial charge >= 0.3 is 0 Å². The first-order valence-electron chi connectivity index (χ1n) is 6.79. The highest BCUT2D eigenvalue weighted by Gasteiger charge is 2.15. The molecule has 0 spiro atoms. The average molecular weight is 346 g/mol. The molecule has 120 valence electrons. The minimum absolute atomic E-state index is 0.0791. The molecule has 0 bridgehead atoms. The molecule has 1 N–H and O–H groups in total. The fourth-order valence-corrected chi connectivity index (χ4v) is 3.91. The maximum atomic E-state index is 13.7. The second-order valence-corrected chi connectivity index (χ2v) is 7.49. The molecular formula is C14H16F2N2O2S2. The number of benzene rings is 1. The molecule has 1 aromatic heterocycles. The largest absolute Gasteiger partial charge is 0.241 e. The van der Waals surface area contributed by atoms with Crippen LogP contribution in [0.5, 0.6) is 0 Å². The van der Waals surface area contributed by atoms with Gasteiger partial charge in [-0.2, -0.15) is 0 Å². The summed E-state index contributed by atoms with van der Waals surface area (Å²) in [5.74, 6) is -1.25. The zero-order valence-electron chi connectivity index (χ0n) is 12.0. The summed E-state index contributed by atoms with van der Waals surface area (Å²) < 4.78 is 52.8. The summed E-state index contributed by atoms with van der Waals surface area (Å²) in [5, 5.41) is 1.93. The van der Waals surface area contributed by atoms with Crippen molar-refractivity contribution in [1.82, 2.24) is 9.71 Å². The molecule has 0 aliphatic carbocycles. The van der Waals surface area contributed by atoms with E-state index in [1.165, 1.54) is 18.2 Å². The van der Waals surface area contributed by atoms with E-state index >= 15 is 0 Å². The summed E-state index contributed by atoms with van der Waals surface area (Å²) in [4.78, 5) is 4.17. The average Bonchev–Trinajstić information content (AvgIpc) is 2.86. The van der Waals surface area contributed by atoms with Gasteiger partial charge in [-0.25, -0.2) is 26.9 Å². The summed E-state index contributed by atoms with van der Waals surface area (Å²) in [7, 11) is -3.25. The van der Waals surface area contributed by atoms with Crippen molar-refractivity contribution in [2.24, 2.45) is 0 Å². The molecule has 2 rings (SSSR count). The number of aromatic nitrogens is 1. The predicted molar refractivity (Wildman–Crippen MR) is 83.3 cm³/mol. The number of halogens is 2. The van der Waals surface area contributed by atoms with Gasteiger partial charge < -0.3 is 0 Å². The minimum atomic E-state index is -3.25. The van der Waals surface area contributed by atoms with Gasteiger partial charge in [0.1, 0.15) is 16.6 Å². The molecule has 0 fully saturated rings. The zero-order chi connectivity index (χ0) is 16.2. The number of hydrogen-bond acceptors (Lipinski definition) is 4. The first-order valence-corrected chi connectivity index (χ1v) is 9.32. The van der Waals surface area contributed by atoms with Gasteiger partial charge in [0, 0.05) is 18.3 Å². The van der Waals surface area contributed by atoms with Crippen LogP contribution in [-0.2, 0) is 16.4 Å². The standard InChI is InChI=1S/C14H16F2N2O2S2/c1-2-8-22(19,20)17-7-6-10-9-21-14(18-10)13-11(15)4-3-5-12(13)16/h3-5,9,17H,2,6-8H2,1H3. The highest BCUT2D eigenvalue weighted by atomic mass is 32.2. The highest BCUT2D eigenvalue weighted by Crippen LogP contribution is 2.28. The molecule has 4 nitrogen and oxygen atoms in total. The van der Waals surface area contributed by atoms with Crippen LogP contribution in [0.3, 0.4) is 0 Å². The number of rotatable bonds is 7. The molecular weight excluding hydrogens is 330 g/mol. The Hall–Kier alpha value is -1.38. The van der Waals surface area contributed by atoms with Crippen LogP contribution >= 0.6 is 11.3 Å². The van der Waals surface area contributed by atoms with Crippen LogP contribution in [0.1, 0.15) is 19.0 Å². The summed E-state index contributed by atoms with van der Waals surface area (Å²) in [5.41, 5.74) is 0.451. The van der Waals surface area contributed by atoms with Crippen molar-refractivity contribution < 1.29 is 17.2 Å². The second kappa shape index (κ2) is 7.26. The van der Waals surface area contributed by atoms with Crippen LogP contribution in [0.25, 0.3) is 10.6 Å². The van der Waals surface area contributed by atoms with Crippen LogP contribution in [0, 0.1) is 11.6 Å². The second-order valence-electron chi connectivity index (χ2n) is 4.70. The predicted octanol–water partition coefficient (Wildman–Crippen LogP) is 2.96. The molecule has 0 radical (unpaired) electrons. The Bertz CT molecular complexity index is 725. The Balaban J connectivity index is 2.04. The molecule has 0 aliphatic rings. The quantitative estimate of drug-likeness (QED) is 0.838. The molecule has 0 aliphatic heterocycles. The first-order chi connectivity index (χ1) is 10.4. The Morgan fingerprint density at radius 2 is 1.95 bits per heavy atom. The normalized spacial score (nSPS) is 11.8. The fraction of sp³-hybridized carbons (Fsp3) is 0.357. The summed E-state index contributed by atoms with van der Waals surface area (Å²) >= 11 is 1.13. The van der Waals surface area contributed by atoms with E-state index in [0.717, 1.165) is 11.3 Å². The van der Waals surface area contributed by atoms with Gasteiger partial charge in [-0.1, -0.05) is 13.0 Å². The third-order valence-electron chi connectivity index (χ3n) is 2.90. The third-order valence-corrected chi connectivity index (χ3v) is 5.40. The van der Waals surface area contributed by atoms with Gasteiger partial charge in [0.15, 0.2) is 0 Å². The maximum Gasteiger partial charge on any atom is 0.211 e. The van der Waals surface area contributed by atoms with Crippen molar-refractivity contribution in [3.05, 3.63) is 40.9 Å². The smallest absolute Gasteiger partial charge is 0.211 e. The molecule has 1 heterocycles. The first kappa shape index (κ1) is 17.0. The molecule has 2 aromatic rings. The number of nitrogens with zero attached hydrogens (tertiary/aromatic N) is 1. The van der Waals surface area contributed by atoms with E-state index < -0.39 is 21.7 Å². The Morgan fingerprint density at radius 3 is 2.59 bits per heavy atom. The molecule has 0 amide bonds. The number of thiazole rings is 1. The van der Waals surface area contributed by atoms with Crippen molar-refractivity contribution >= 4 is 21.4 Å². The summed E-state index contributed by atoms with van der Waals surface area (Å²) in [6.45, 7) is 2.00. The third kappa shape index (κ3) is 4.31. The van der Waals surface area contributed by atoms with Crippen LogP contribution in [0.15, 0.2) is 23.6 Å². The van der Waals surface area contributed by atoms with Gasteiger partial charge in [-0.15, -0.1) is 11.3 Å². The van der Waals surface area contributed by atoms with E-state index in [0.29, 0.717) is 18.5 Å². The van der Waals surface area contributed by atoms with Crippen molar-refractivity contribution in [2.75, 3.05) is 12.3 Å². The molecule has 8 heteroatoms. The van der Waals surface area contributed by atoms with E-state index in [-0.39, 0.29) is 22.9 Å². The fourth-order valence-electron chi connectivity index (χ4n) is 1.91. The Morgan fingerprint density at radius 1 is 1.27 bits per heavy atom. The van der Waals surface area contributed by atoms with Gasteiger partial charge in [0.25, 0.3) is 0 Å². The monoisotopic (exact) mass is 346 g/mol. The lowest BCUT2D eigenvalue weighted by Gasteiger charge is -2.03. The molecule has 0 saturated heterocycles. The van der Waals surface area contributed by atoms with Crippen LogP contribution in [0.4, 0.5) is 8.78 Å². The zero-order valence-corrected chi connectivity index (χ0v) is 13.6. The van der Waals surface area contributed by atoms with Crippen molar-refractivity contribution in [3.63, 3.8) is 0 Å². The topological polar surface area (TPSA) is 59.1 Å². The SMILES string of the molecule is CCCS(=O)(=O)NCCc1csc(-c2c(F)cccc2F)n1. The van der Waals surface area contributed by atoms with Crippen molar-refractivity contribution in [2.45, 2.75) is 19.8 Å².